The van der Waals surface area contributed by atoms with E-state index in [2.05, 4.69) is 36.9 Å². The molecule has 4 N–H and O–H groups in total. The Balaban J connectivity index is 1.51. The second kappa shape index (κ2) is 10.0. The van der Waals surface area contributed by atoms with E-state index < -0.39 is 24.3 Å². The Labute approximate surface area is 195 Å². The molecule has 0 saturated heterocycles. The van der Waals surface area contributed by atoms with E-state index in [1.165, 1.54) is 0 Å². The van der Waals surface area contributed by atoms with Crippen LogP contribution in [0.4, 0.5) is 21.0 Å². The maximum Gasteiger partial charge on any atom is 0.407 e. The van der Waals surface area contributed by atoms with Crippen LogP contribution < -0.4 is 10.6 Å². The molecule has 1 amide bonds. The summed E-state index contributed by atoms with van der Waals surface area (Å²) in [5.74, 6) is 0.332. The normalized spacial score (nSPS) is 19.9. The average Bonchev–Trinajstić information content (AvgIpc) is 3.53. The Kier molecular flexibility index (Phi) is 6.93. The summed E-state index contributed by atoms with van der Waals surface area (Å²) in [4.78, 5) is 20.7. The van der Waals surface area contributed by atoms with E-state index in [1.807, 2.05) is 0 Å². The number of amides is 1. The van der Waals surface area contributed by atoms with E-state index in [0.29, 0.717) is 60.0 Å². The van der Waals surface area contributed by atoms with Crippen molar-refractivity contribution in [1.82, 2.24) is 29.9 Å². The second-order valence-electron chi connectivity index (χ2n) is 8.52. The van der Waals surface area contributed by atoms with Gasteiger partial charge in [0.15, 0.2) is 11.5 Å². The fraction of sp³-hybridized carbons (Fsp3) is 0.500. The van der Waals surface area contributed by atoms with Gasteiger partial charge >= 0.3 is 6.09 Å². The molecule has 0 aromatic carbocycles. The summed E-state index contributed by atoms with van der Waals surface area (Å²) < 4.78 is 21.9. The number of anilines is 2. The Morgan fingerprint density at radius 1 is 1.47 bits per heavy atom. The largest absolute Gasteiger partial charge is 0.443 e. The molecule has 0 bridgehead atoms. The zero-order valence-corrected chi connectivity index (χ0v) is 19.0. The van der Waals surface area contributed by atoms with Gasteiger partial charge in [-0.25, -0.2) is 19.2 Å². The molecule has 1 saturated carbocycles. The smallest absolute Gasteiger partial charge is 0.407 e. The highest BCUT2D eigenvalue weighted by Crippen LogP contribution is 2.38. The first kappa shape index (κ1) is 23.4. The minimum absolute atomic E-state index is 0.0206. The van der Waals surface area contributed by atoms with Gasteiger partial charge in [-0.3, -0.25) is 9.50 Å². The number of alkyl carbamates (subject to hydrolysis) is 1. The number of carbonyl (C=O) groups excluding carboxylic acids is 1. The van der Waals surface area contributed by atoms with Crippen LogP contribution in [0, 0.1) is 11.3 Å². The summed E-state index contributed by atoms with van der Waals surface area (Å²) in [5.41, 5.74) is 1.91. The quantitative estimate of drug-likeness (QED) is 0.392. The van der Waals surface area contributed by atoms with Crippen LogP contribution in [0.25, 0.3) is 5.65 Å². The van der Waals surface area contributed by atoms with Gasteiger partial charge in [-0.2, -0.15) is 10.4 Å². The number of fused-ring (bicyclic) bond motifs is 1. The summed E-state index contributed by atoms with van der Waals surface area (Å²) in [6.07, 6.45) is 2.25. The van der Waals surface area contributed by atoms with Crippen molar-refractivity contribution < 1.29 is 19.0 Å². The van der Waals surface area contributed by atoms with E-state index in [4.69, 9.17) is 4.74 Å². The lowest BCUT2D eigenvalue weighted by molar-refractivity contribution is 0.0555. The van der Waals surface area contributed by atoms with E-state index in [-0.39, 0.29) is 12.6 Å². The molecule has 12 heteroatoms. The van der Waals surface area contributed by atoms with Gasteiger partial charge < -0.3 is 20.5 Å². The topological polar surface area (TPSA) is 153 Å². The molecule has 3 atom stereocenters. The number of hydrogen-bond donors (Lipinski definition) is 4. The number of halogens is 1. The number of nitrogens with zero attached hydrogens (tertiary/aromatic N) is 5. The monoisotopic (exact) mass is 470 g/mol. The van der Waals surface area contributed by atoms with Crippen LogP contribution in [0.3, 0.4) is 0 Å². The molecule has 11 nitrogen and oxygen atoms in total. The van der Waals surface area contributed by atoms with Gasteiger partial charge in [0.05, 0.1) is 5.69 Å². The number of aryl methyl sites for hydroxylation is 1. The maximum absolute atomic E-state index is 15.0. The molecule has 1 fully saturated rings. The summed E-state index contributed by atoms with van der Waals surface area (Å²) >= 11 is 0. The van der Waals surface area contributed by atoms with E-state index >= 15 is 4.39 Å². The summed E-state index contributed by atoms with van der Waals surface area (Å²) in [6, 6.07) is 3.75. The van der Waals surface area contributed by atoms with Crippen molar-refractivity contribution in [3.8, 4) is 6.07 Å². The molecular formula is C22H27FN8O3. The van der Waals surface area contributed by atoms with Gasteiger partial charge in [0.2, 0.25) is 5.95 Å². The number of carbonyl (C=O) groups is 1. The van der Waals surface area contributed by atoms with Crippen molar-refractivity contribution in [1.29, 1.82) is 5.26 Å². The van der Waals surface area contributed by atoms with Crippen molar-refractivity contribution in [2.75, 3.05) is 11.9 Å². The fourth-order valence-electron chi connectivity index (χ4n) is 4.14. The molecule has 0 spiro atoms. The molecule has 3 heterocycles. The van der Waals surface area contributed by atoms with Crippen LogP contribution in [-0.2, 0) is 11.2 Å². The van der Waals surface area contributed by atoms with Crippen molar-refractivity contribution in [3.63, 3.8) is 0 Å². The molecule has 1 aliphatic carbocycles. The lowest BCUT2D eigenvalue weighted by Gasteiger charge is -2.18. The van der Waals surface area contributed by atoms with Crippen LogP contribution in [0.5, 0.6) is 0 Å². The molecule has 0 unspecified atom stereocenters. The number of nitrogens with one attached hydrogen (secondary N) is 3. The minimum Gasteiger partial charge on any atom is -0.443 e. The predicted octanol–water partition coefficient (Wildman–Crippen LogP) is 2.71. The number of imidazole rings is 1. The first-order valence-electron chi connectivity index (χ1n) is 11.2. The van der Waals surface area contributed by atoms with E-state index in [9.17, 15) is 15.2 Å². The first-order valence-corrected chi connectivity index (χ1v) is 11.2. The lowest BCUT2D eigenvalue weighted by atomic mass is 10.0. The molecule has 0 aliphatic heterocycles. The van der Waals surface area contributed by atoms with E-state index in [1.54, 1.807) is 36.7 Å². The highest BCUT2D eigenvalue weighted by Gasteiger charge is 2.41. The molecule has 34 heavy (non-hydrogen) atoms. The number of ether oxygens (including phenoxy) is 1. The van der Waals surface area contributed by atoms with Crippen molar-refractivity contribution >= 4 is 23.5 Å². The van der Waals surface area contributed by atoms with Crippen LogP contribution in [0.2, 0.25) is 0 Å². The fourth-order valence-corrected chi connectivity index (χ4v) is 4.14. The van der Waals surface area contributed by atoms with Gasteiger partial charge in [-0.05, 0) is 39.5 Å². The SMILES string of the molecule is CC(C)NC(=O)O[C@H]1CC[C@@H](c2cc(Nc3nc(CCCO)c(C#N)c4nccn34)n[nH]2)[C@H]1F. The lowest BCUT2D eigenvalue weighted by Crippen LogP contribution is -2.36. The van der Waals surface area contributed by atoms with Crippen molar-refractivity contribution in [2.24, 2.45) is 0 Å². The number of aromatic nitrogens is 5. The number of nitriles is 1. The number of rotatable bonds is 8. The van der Waals surface area contributed by atoms with Gasteiger partial charge in [0.1, 0.15) is 23.9 Å². The van der Waals surface area contributed by atoms with Crippen molar-refractivity contribution in [2.45, 2.75) is 63.8 Å². The number of alkyl halides is 1. The van der Waals surface area contributed by atoms with Crippen LogP contribution in [-0.4, -0.2) is 60.7 Å². The zero-order valence-electron chi connectivity index (χ0n) is 19.0. The molecule has 3 aromatic heterocycles. The van der Waals surface area contributed by atoms with Crippen LogP contribution in [0.1, 0.15) is 56.0 Å². The molecule has 1 aliphatic rings. The maximum atomic E-state index is 15.0. The second-order valence-corrected chi connectivity index (χ2v) is 8.52. The summed E-state index contributed by atoms with van der Waals surface area (Å²) in [7, 11) is 0. The highest BCUT2D eigenvalue weighted by molar-refractivity contribution is 5.67. The number of H-pyrrole nitrogens is 1. The number of aromatic amines is 1. The average molecular weight is 471 g/mol. The third kappa shape index (κ3) is 4.79. The Bertz CT molecular complexity index is 1200. The molecule has 3 aromatic rings. The van der Waals surface area contributed by atoms with Gasteiger partial charge in [0, 0.05) is 42.7 Å². The zero-order chi connectivity index (χ0) is 24.2. The number of aliphatic hydroxyl groups excluding tert-OH is 1. The third-order valence-electron chi connectivity index (χ3n) is 5.71. The molecular weight excluding hydrogens is 443 g/mol. The van der Waals surface area contributed by atoms with Crippen LogP contribution >= 0.6 is 0 Å². The summed E-state index contributed by atoms with van der Waals surface area (Å²) in [5, 5.41) is 31.6. The highest BCUT2D eigenvalue weighted by atomic mass is 19.1. The Morgan fingerprint density at radius 2 is 2.29 bits per heavy atom. The third-order valence-corrected chi connectivity index (χ3v) is 5.71. The Morgan fingerprint density at radius 3 is 3.03 bits per heavy atom. The summed E-state index contributed by atoms with van der Waals surface area (Å²) in [6.45, 7) is 3.59. The van der Waals surface area contributed by atoms with E-state index in [0.717, 1.165) is 0 Å². The molecule has 4 rings (SSSR count). The molecule has 0 radical (unpaired) electrons. The number of aliphatic hydroxyl groups is 1. The predicted molar refractivity (Wildman–Crippen MR) is 120 cm³/mol. The molecule has 180 valence electrons. The van der Waals surface area contributed by atoms with Crippen LogP contribution in [0.15, 0.2) is 18.5 Å². The van der Waals surface area contributed by atoms with Gasteiger partial charge in [0.25, 0.3) is 0 Å². The first-order chi connectivity index (χ1) is 16.4. The van der Waals surface area contributed by atoms with Gasteiger partial charge in [-0.15, -0.1) is 0 Å². The van der Waals surface area contributed by atoms with Crippen molar-refractivity contribution in [3.05, 3.63) is 35.4 Å². The minimum atomic E-state index is -1.36. The number of hydrogen-bond acceptors (Lipinski definition) is 8. The Hall–Kier alpha value is -3.72. The standard InChI is InChI=1S/C22H27FN8O3/c1-12(2)26-22(33)34-17-6-5-13(19(17)23)16-10-18(30-29-16)28-21-27-15(4-3-9-32)14(11-24)20-25-7-8-31(20)21/h7-8,10,12-13,17,19,32H,3-6,9H2,1-2H3,(H,26,33)(H2,27,28,29,30)/t13-,17-,19+/m0/s1. The van der Waals surface area contributed by atoms with Gasteiger partial charge in [-0.1, -0.05) is 0 Å².